The summed E-state index contributed by atoms with van der Waals surface area (Å²) in [6.45, 7) is 8.91. The van der Waals surface area contributed by atoms with E-state index in [1.165, 1.54) is 6.07 Å². The molecule has 0 spiro atoms. The fraction of sp³-hybridized carbons (Fsp3) is 0.688. The molecule has 0 atom stereocenters. The van der Waals surface area contributed by atoms with Crippen molar-refractivity contribution in [2.75, 3.05) is 13.1 Å². The lowest BCUT2D eigenvalue weighted by Gasteiger charge is -2.24. The van der Waals surface area contributed by atoms with Crippen molar-refractivity contribution in [3.05, 3.63) is 27.7 Å². The third kappa shape index (κ3) is 4.37. The van der Waals surface area contributed by atoms with E-state index in [-0.39, 0.29) is 11.2 Å². The van der Waals surface area contributed by atoms with Crippen LogP contribution in [-0.4, -0.2) is 27.7 Å². The van der Waals surface area contributed by atoms with Gasteiger partial charge in [-0.3, -0.25) is 9.69 Å². The number of aromatic nitrogens is 1. The van der Waals surface area contributed by atoms with E-state index in [1.54, 1.807) is 0 Å². The second-order valence-electron chi connectivity index (χ2n) is 5.49. The van der Waals surface area contributed by atoms with E-state index < -0.39 is 0 Å². The van der Waals surface area contributed by atoms with E-state index in [2.05, 4.69) is 18.7 Å². The molecule has 1 aromatic rings. The second-order valence-corrected chi connectivity index (χ2v) is 5.49. The molecule has 0 aromatic carbocycles. The molecule has 1 aromatic heterocycles. The van der Waals surface area contributed by atoms with E-state index in [1.807, 2.05) is 18.5 Å². The molecule has 114 valence electrons. The van der Waals surface area contributed by atoms with Gasteiger partial charge in [0.1, 0.15) is 0 Å². The maximum absolute atomic E-state index is 11.7. The average Bonchev–Trinajstić information content (AvgIpc) is 2.43. The van der Waals surface area contributed by atoms with Crippen LogP contribution in [0.2, 0.25) is 0 Å². The van der Waals surface area contributed by atoms with E-state index in [0.717, 1.165) is 50.2 Å². The van der Waals surface area contributed by atoms with Gasteiger partial charge in [0.05, 0.1) is 5.69 Å². The first kappa shape index (κ1) is 16.8. The summed E-state index contributed by atoms with van der Waals surface area (Å²) in [7, 11) is 1.90. The van der Waals surface area contributed by atoms with Gasteiger partial charge < -0.3 is 9.67 Å². The van der Waals surface area contributed by atoms with E-state index >= 15 is 0 Å². The number of hydrogen-bond donors (Lipinski definition) is 1. The normalized spacial score (nSPS) is 11.2. The highest BCUT2D eigenvalue weighted by Crippen LogP contribution is 2.16. The van der Waals surface area contributed by atoms with Crippen LogP contribution in [0.4, 0.5) is 0 Å². The predicted molar refractivity (Wildman–Crippen MR) is 83.2 cm³/mol. The van der Waals surface area contributed by atoms with Gasteiger partial charge in [0.15, 0.2) is 5.75 Å². The van der Waals surface area contributed by atoms with Crippen molar-refractivity contribution in [1.82, 2.24) is 9.47 Å². The summed E-state index contributed by atoms with van der Waals surface area (Å²) in [6, 6.07) is 1.49. The Kier molecular flexibility index (Phi) is 6.79. The van der Waals surface area contributed by atoms with Crippen molar-refractivity contribution in [2.24, 2.45) is 7.05 Å². The van der Waals surface area contributed by atoms with Crippen molar-refractivity contribution in [2.45, 2.75) is 53.0 Å². The molecule has 4 nitrogen and oxygen atoms in total. The zero-order chi connectivity index (χ0) is 15.1. The van der Waals surface area contributed by atoms with Gasteiger partial charge in [0.2, 0.25) is 5.43 Å². The van der Waals surface area contributed by atoms with E-state index in [0.29, 0.717) is 6.54 Å². The number of nitrogens with zero attached hydrogens (tertiary/aromatic N) is 2. The van der Waals surface area contributed by atoms with Crippen LogP contribution in [0.1, 0.15) is 50.9 Å². The first-order valence-electron chi connectivity index (χ1n) is 7.62. The molecule has 0 aliphatic heterocycles. The van der Waals surface area contributed by atoms with Gasteiger partial charge in [0, 0.05) is 25.4 Å². The maximum Gasteiger partial charge on any atom is 0.223 e. The van der Waals surface area contributed by atoms with Crippen molar-refractivity contribution < 1.29 is 5.11 Å². The topological polar surface area (TPSA) is 45.5 Å². The minimum atomic E-state index is -0.276. The number of rotatable bonds is 8. The van der Waals surface area contributed by atoms with Crippen molar-refractivity contribution in [3.63, 3.8) is 0 Å². The Labute approximate surface area is 122 Å². The first-order valence-corrected chi connectivity index (χ1v) is 7.62. The second kappa shape index (κ2) is 8.10. The van der Waals surface area contributed by atoms with Crippen LogP contribution in [0.15, 0.2) is 10.9 Å². The van der Waals surface area contributed by atoms with Crippen LogP contribution in [0.5, 0.6) is 5.75 Å². The molecule has 0 amide bonds. The highest BCUT2D eigenvalue weighted by molar-refractivity contribution is 5.29. The molecule has 0 fully saturated rings. The van der Waals surface area contributed by atoms with Crippen LogP contribution in [-0.2, 0) is 13.6 Å². The Hall–Kier alpha value is -1.29. The fourth-order valence-electron chi connectivity index (χ4n) is 2.29. The summed E-state index contributed by atoms with van der Waals surface area (Å²) in [5.74, 6) is -0.101. The summed E-state index contributed by atoms with van der Waals surface area (Å²) in [5.41, 5.74) is 1.33. The van der Waals surface area contributed by atoms with Gasteiger partial charge >= 0.3 is 0 Å². The van der Waals surface area contributed by atoms with Crippen LogP contribution < -0.4 is 5.43 Å². The third-order valence-corrected chi connectivity index (χ3v) is 3.81. The quantitative estimate of drug-likeness (QED) is 0.796. The Morgan fingerprint density at radius 2 is 1.75 bits per heavy atom. The van der Waals surface area contributed by atoms with Crippen LogP contribution in [0, 0.1) is 6.92 Å². The lowest BCUT2D eigenvalue weighted by Crippen LogP contribution is -2.28. The molecule has 0 saturated carbocycles. The molecular weight excluding hydrogens is 252 g/mol. The lowest BCUT2D eigenvalue weighted by molar-refractivity contribution is 0.246. The van der Waals surface area contributed by atoms with Gasteiger partial charge in [-0.15, -0.1) is 0 Å². The molecule has 1 rings (SSSR count). The summed E-state index contributed by atoms with van der Waals surface area (Å²) in [4.78, 5) is 14.1. The van der Waals surface area contributed by atoms with Crippen molar-refractivity contribution in [3.8, 4) is 5.75 Å². The highest BCUT2D eigenvalue weighted by atomic mass is 16.3. The summed E-state index contributed by atoms with van der Waals surface area (Å²) >= 11 is 0. The van der Waals surface area contributed by atoms with Gasteiger partial charge in [-0.25, -0.2) is 0 Å². The fourth-order valence-corrected chi connectivity index (χ4v) is 2.29. The largest absolute Gasteiger partial charge is 0.503 e. The maximum atomic E-state index is 11.7. The van der Waals surface area contributed by atoms with Gasteiger partial charge in [0.25, 0.3) is 0 Å². The molecular formula is C16H28N2O2. The standard InChI is InChI=1S/C16H28N2O2/c1-5-7-9-18(10-8-6-2)12-14-16(20)15(19)11-13(3)17(14)4/h11,20H,5-10,12H2,1-4H3. The molecule has 1 heterocycles. The first-order chi connectivity index (χ1) is 9.51. The summed E-state index contributed by atoms with van der Waals surface area (Å²) < 4.78 is 1.92. The Morgan fingerprint density at radius 1 is 1.20 bits per heavy atom. The van der Waals surface area contributed by atoms with E-state index in [9.17, 15) is 9.90 Å². The highest BCUT2D eigenvalue weighted by Gasteiger charge is 2.14. The van der Waals surface area contributed by atoms with Crippen LogP contribution >= 0.6 is 0 Å². The number of unbranched alkanes of at least 4 members (excludes halogenated alkanes) is 2. The molecule has 4 heteroatoms. The molecule has 0 aliphatic carbocycles. The zero-order valence-electron chi connectivity index (χ0n) is 13.3. The number of aryl methyl sites for hydroxylation is 1. The number of hydrogen-bond acceptors (Lipinski definition) is 3. The number of aromatic hydroxyl groups is 1. The minimum Gasteiger partial charge on any atom is -0.503 e. The molecule has 20 heavy (non-hydrogen) atoms. The molecule has 0 aliphatic rings. The monoisotopic (exact) mass is 280 g/mol. The molecule has 0 saturated heterocycles. The average molecular weight is 280 g/mol. The molecule has 0 radical (unpaired) electrons. The van der Waals surface area contributed by atoms with Crippen LogP contribution in [0.25, 0.3) is 0 Å². The predicted octanol–water partition coefficient (Wildman–Crippen LogP) is 2.80. The van der Waals surface area contributed by atoms with E-state index in [4.69, 9.17) is 0 Å². The van der Waals surface area contributed by atoms with Gasteiger partial charge in [-0.2, -0.15) is 0 Å². The zero-order valence-corrected chi connectivity index (χ0v) is 13.3. The molecule has 1 N–H and O–H groups in total. The molecule has 0 unspecified atom stereocenters. The summed E-state index contributed by atoms with van der Waals surface area (Å²) in [5, 5.41) is 10.0. The minimum absolute atomic E-state index is 0.101. The smallest absolute Gasteiger partial charge is 0.223 e. The Balaban J connectivity index is 2.94. The van der Waals surface area contributed by atoms with Gasteiger partial charge in [-0.05, 0) is 32.9 Å². The SMILES string of the molecule is CCCCN(CCCC)Cc1c(O)c(=O)cc(C)n1C. The van der Waals surface area contributed by atoms with Gasteiger partial charge in [-0.1, -0.05) is 26.7 Å². The third-order valence-electron chi connectivity index (χ3n) is 3.81. The van der Waals surface area contributed by atoms with Crippen LogP contribution in [0.3, 0.4) is 0 Å². The molecule has 0 bridgehead atoms. The van der Waals surface area contributed by atoms with Crippen molar-refractivity contribution >= 4 is 0 Å². The lowest BCUT2D eigenvalue weighted by atomic mass is 10.2. The Morgan fingerprint density at radius 3 is 2.25 bits per heavy atom. The Bertz CT molecular complexity index is 472. The number of pyridine rings is 1. The van der Waals surface area contributed by atoms with Crippen molar-refractivity contribution in [1.29, 1.82) is 0 Å². The summed E-state index contributed by atoms with van der Waals surface area (Å²) in [6.07, 6.45) is 4.59.